The summed E-state index contributed by atoms with van der Waals surface area (Å²) in [4.78, 5) is 10.2. The van der Waals surface area contributed by atoms with Crippen molar-refractivity contribution in [3.8, 4) is 0 Å². The van der Waals surface area contributed by atoms with Crippen molar-refractivity contribution < 1.29 is 9.90 Å². The number of carboxylic acid groups (broad SMARTS) is 1. The fourth-order valence-corrected chi connectivity index (χ4v) is 2.26. The van der Waals surface area contributed by atoms with Crippen molar-refractivity contribution in [3.63, 3.8) is 0 Å². The molecule has 2 aromatic rings. The van der Waals surface area contributed by atoms with Gasteiger partial charge < -0.3 is 5.11 Å². The second-order valence-corrected chi connectivity index (χ2v) is 4.65. The number of aryl methyl sites for hydroxylation is 2. The molecule has 0 saturated heterocycles. The SMILES string of the molecule is O=C(O)c1ccccc1.c1ccc2c(c1)CCCC2. The lowest BCUT2D eigenvalue weighted by molar-refractivity contribution is 0.0697. The number of hydrogen-bond donors (Lipinski definition) is 1. The summed E-state index contributed by atoms with van der Waals surface area (Å²) in [5.74, 6) is -0.879. The van der Waals surface area contributed by atoms with Gasteiger partial charge in [-0.2, -0.15) is 0 Å². The van der Waals surface area contributed by atoms with Crippen LogP contribution in [0.2, 0.25) is 0 Å². The molecule has 0 bridgehead atoms. The number of aromatic carboxylic acids is 1. The van der Waals surface area contributed by atoms with E-state index in [0.717, 1.165) is 0 Å². The molecule has 3 rings (SSSR count). The van der Waals surface area contributed by atoms with E-state index in [0.29, 0.717) is 5.56 Å². The van der Waals surface area contributed by atoms with Crippen LogP contribution in [0.15, 0.2) is 54.6 Å². The van der Waals surface area contributed by atoms with Gasteiger partial charge in [-0.05, 0) is 48.9 Å². The van der Waals surface area contributed by atoms with Crippen LogP contribution < -0.4 is 0 Å². The van der Waals surface area contributed by atoms with Crippen LogP contribution in [-0.4, -0.2) is 11.1 Å². The Balaban J connectivity index is 0.000000141. The van der Waals surface area contributed by atoms with Crippen LogP contribution in [0, 0.1) is 0 Å². The lowest BCUT2D eigenvalue weighted by atomic mass is 9.92. The van der Waals surface area contributed by atoms with Crippen molar-refractivity contribution in [3.05, 3.63) is 71.3 Å². The van der Waals surface area contributed by atoms with Crippen molar-refractivity contribution >= 4 is 5.97 Å². The highest BCUT2D eigenvalue weighted by Gasteiger charge is 2.05. The van der Waals surface area contributed by atoms with Gasteiger partial charge in [-0.25, -0.2) is 4.79 Å². The fourth-order valence-electron chi connectivity index (χ4n) is 2.26. The molecule has 0 aromatic heterocycles. The lowest BCUT2D eigenvalue weighted by Crippen LogP contribution is -2.00. The molecule has 98 valence electrons. The van der Waals surface area contributed by atoms with Crippen LogP contribution in [0.3, 0.4) is 0 Å². The average molecular weight is 254 g/mol. The first-order valence-corrected chi connectivity index (χ1v) is 6.62. The molecule has 2 nitrogen and oxygen atoms in total. The molecule has 0 amide bonds. The first-order valence-electron chi connectivity index (χ1n) is 6.62. The maximum Gasteiger partial charge on any atom is 0.335 e. The van der Waals surface area contributed by atoms with E-state index in [1.807, 2.05) is 0 Å². The van der Waals surface area contributed by atoms with Gasteiger partial charge in [0.15, 0.2) is 0 Å². The Morgan fingerprint density at radius 2 is 1.26 bits per heavy atom. The summed E-state index contributed by atoms with van der Waals surface area (Å²) < 4.78 is 0. The average Bonchev–Trinajstić information content (AvgIpc) is 2.49. The third-order valence-electron chi connectivity index (χ3n) is 3.28. The van der Waals surface area contributed by atoms with Crippen molar-refractivity contribution in [1.29, 1.82) is 0 Å². The molecule has 2 aromatic carbocycles. The van der Waals surface area contributed by atoms with E-state index in [-0.39, 0.29) is 0 Å². The Hall–Kier alpha value is -2.09. The van der Waals surface area contributed by atoms with E-state index in [4.69, 9.17) is 5.11 Å². The maximum atomic E-state index is 10.2. The van der Waals surface area contributed by atoms with Crippen molar-refractivity contribution in [2.45, 2.75) is 25.7 Å². The molecule has 0 saturated carbocycles. The normalized spacial score (nSPS) is 12.8. The Morgan fingerprint density at radius 3 is 1.68 bits per heavy atom. The second-order valence-electron chi connectivity index (χ2n) is 4.65. The third-order valence-corrected chi connectivity index (χ3v) is 3.28. The minimum atomic E-state index is -0.879. The van der Waals surface area contributed by atoms with Crippen molar-refractivity contribution in [2.24, 2.45) is 0 Å². The highest BCUT2D eigenvalue weighted by Crippen LogP contribution is 2.19. The molecule has 0 atom stereocenters. The molecular formula is C17H18O2. The topological polar surface area (TPSA) is 37.3 Å². The fraction of sp³-hybridized carbons (Fsp3) is 0.235. The van der Waals surface area contributed by atoms with E-state index in [1.165, 1.54) is 25.7 Å². The predicted molar refractivity (Wildman–Crippen MR) is 76.5 cm³/mol. The molecule has 19 heavy (non-hydrogen) atoms. The molecule has 2 heteroatoms. The zero-order valence-corrected chi connectivity index (χ0v) is 10.9. The van der Waals surface area contributed by atoms with Crippen LogP contribution in [0.1, 0.15) is 34.3 Å². The summed E-state index contributed by atoms with van der Waals surface area (Å²) >= 11 is 0. The highest BCUT2D eigenvalue weighted by atomic mass is 16.4. The molecular weight excluding hydrogens is 236 g/mol. The number of rotatable bonds is 1. The van der Waals surface area contributed by atoms with Gasteiger partial charge in [-0.3, -0.25) is 0 Å². The molecule has 1 aliphatic carbocycles. The second kappa shape index (κ2) is 6.74. The van der Waals surface area contributed by atoms with Crippen molar-refractivity contribution in [1.82, 2.24) is 0 Å². The Kier molecular flexibility index (Phi) is 4.73. The van der Waals surface area contributed by atoms with Gasteiger partial charge in [0, 0.05) is 0 Å². The molecule has 0 unspecified atom stereocenters. The van der Waals surface area contributed by atoms with Crippen LogP contribution in [0.4, 0.5) is 0 Å². The summed E-state index contributed by atoms with van der Waals surface area (Å²) in [5, 5.41) is 8.38. The van der Waals surface area contributed by atoms with Crippen LogP contribution in [0.5, 0.6) is 0 Å². The van der Waals surface area contributed by atoms with Gasteiger partial charge in [0.05, 0.1) is 5.56 Å². The quantitative estimate of drug-likeness (QED) is 0.836. The van der Waals surface area contributed by atoms with E-state index in [9.17, 15) is 4.79 Å². The van der Waals surface area contributed by atoms with Gasteiger partial charge in [0.2, 0.25) is 0 Å². The van der Waals surface area contributed by atoms with Gasteiger partial charge in [0.1, 0.15) is 0 Å². The lowest BCUT2D eigenvalue weighted by Gasteiger charge is -2.13. The van der Waals surface area contributed by atoms with E-state index < -0.39 is 5.97 Å². The molecule has 0 aliphatic heterocycles. The largest absolute Gasteiger partial charge is 0.478 e. The summed E-state index contributed by atoms with van der Waals surface area (Å²) in [6.07, 6.45) is 5.38. The summed E-state index contributed by atoms with van der Waals surface area (Å²) in [5.41, 5.74) is 3.49. The Morgan fingerprint density at radius 1 is 0.789 bits per heavy atom. The van der Waals surface area contributed by atoms with Crippen LogP contribution in [0.25, 0.3) is 0 Å². The first-order chi connectivity index (χ1) is 9.27. The molecule has 0 radical (unpaired) electrons. The predicted octanol–water partition coefficient (Wildman–Crippen LogP) is 3.95. The standard InChI is InChI=1S/C10H12.C7H6O2/c1-2-6-10-8-4-3-7-9(10)5-1;8-7(9)6-4-2-1-3-5-6/h1-2,5-6H,3-4,7-8H2;1-5H,(H,8,9). The van der Waals surface area contributed by atoms with Gasteiger partial charge >= 0.3 is 5.97 Å². The third kappa shape index (κ3) is 3.95. The molecule has 1 aliphatic rings. The first kappa shape index (κ1) is 13.3. The monoisotopic (exact) mass is 254 g/mol. The highest BCUT2D eigenvalue weighted by molar-refractivity contribution is 5.87. The minimum absolute atomic E-state index is 0.331. The van der Waals surface area contributed by atoms with Crippen LogP contribution >= 0.6 is 0 Å². The number of carbonyl (C=O) groups is 1. The number of fused-ring (bicyclic) bond motifs is 1. The van der Waals surface area contributed by atoms with Gasteiger partial charge in [0.25, 0.3) is 0 Å². The van der Waals surface area contributed by atoms with Gasteiger partial charge in [-0.15, -0.1) is 0 Å². The number of benzene rings is 2. The number of hydrogen-bond acceptors (Lipinski definition) is 1. The van der Waals surface area contributed by atoms with E-state index >= 15 is 0 Å². The van der Waals surface area contributed by atoms with E-state index in [1.54, 1.807) is 41.5 Å². The summed E-state index contributed by atoms with van der Waals surface area (Å²) in [6.45, 7) is 0. The molecule has 1 N–H and O–H groups in total. The van der Waals surface area contributed by atoms with E-state index in [2.05, 4.69) is 24.3 Å². The molecule has 0 spiro atoms. The molecule has 0 heterocycles. The van der Waals surface area contributed by atoms with Crippen molar-refractivity contribution in [2.75, 3.05) is 0 Å². The Bertz CT molecular complexity index is 507. The van der Waals surface area contributed by atoms with Crippen LogP contribution in [-0.2, 0) is 12.8 Å². The summed E-state index contributed by atoms with van der Waals surface area (Å²) in [7, 11) is 0. The smallest absolute Gasteiger partial charge is 0.335 e. The number of carboxylic acids is 1. The minimum Gasteiger partial charge on any atom is -0.478 e. The molecule has 0 fully saturated rings. The van der Waals surface area contributed by atoms with Gasteiger partial charge in [-0.1, -0.05) is 42.5 Å². The summed E-state index contributed by atoms with van der Waals surface area (Å²) in [6, 6.07) is 17.1. The zero-order valence-electron chi connectivity index (χ0n) is 10.9. The maximum absolute atomic E-state index is 10.2. The Labute approximate surface area is 113 Å². The zero-order chi connectivity index (χ0) is 13.5.